The monoisotopic (exact) mass is 288 g/mol. The van der Waals surface area contributed by atoms with Gasteiger partial charge >= 0.3 is 0 Å². The average molecular weight is 289 g/mol. The minimum Gasteiger partial charge on any atom is -0.383 e. The van der Waals surface area contributed by atoms with E-state index >= 15 is 0 Å². The number of hydrogen-bond acceptors (Lipinski definition) is 3. The molecule has 0 fully saturated rings. The number of ether oxygens (including phenoxy) is 1. The van der Waals surface area contributed by atoms with Crippen LogP contribution in [-0.4, -0.2) is 32.7 Å². The summed E-state index contributed by atoms with van der Waals surface area (Å²) in [4.78, 5) is 11.5. The van der Waals surface area contributed by atoms with Gasteiger partial charge in [0.1, 0.15) is 5.82 Å². The Bertz CT molecular complexity index is 429. The van der Waals surface area contributed by atoms with Crippen LogP contribution >= 0.6 is 11.6 Å². The Hall–Kier alpha value is -1.17. The fourth-order valence-corrected chi connectivity index (χ4v) is 1.62. The Balaban J connectivity index is 2.40. The van der Waals surface area contributed by atoms with Crippen molar-refractivity contribution in [3.05, 3.63) is 34.6 Å². The molecular formula is C13H18ClFN2O2. The summed E-state index contributed by atoms with van der Waals surface area (Å²) in [7, 11) is 1.57. The second kappa shape index (κ2) is 8.09. The van der Waals surface area contributed by atoms with Crippen molar-refractivity contribution in [2.45, 2.75) is 13.0 Å². The van der Waals surface area contributed by atoms with E-state index < -0.39 is 5.82 Å². The summed E-state index contributed by atoms with van der Waals surface area (Å²) in [5.41, 5.74) is 0.742. The molecular weight excluding hydrogens is 271 g/mol. The molecule has 1 atom stereocenters. The first-order valence-corrected chi connectivity index (χ1v) is 6.36. The highest BCUT2D eigenvalue weighted by molar-refractivity contribution is 6.30. The molecule has 0 aromatic heterocycles. The third-order valence-corrected chi connectivity index (χ3v) is 2.95. The topological polar surface area (TPSA) is 50.4 Å². The number of amides is 1. The van der Waals surface area contributed by atoms with Gasteiger partial charge in [-0.05, 0) is 24.6 Å². The number of benzene rings is 1. The molecule has 4 nitrogen and oxygen atoms in total. The van der Waals surface area contributed by atoms with Gasteiger partial charge in [0, 0.05) is 19.7 Å². The summed E-state index contributed by atoms with van der Waals surface area (Å²) >= 11 is 5.61. The zero-order chi connectivity index (χ0) is 14.3. The van der Waals surface area contributed by atoms with Gasteiger partial charge in [-0.1, -0.05) is 17.7 Å². The third-order valence-electron chi connectivity index (χ3n) is 2.64. The fraction of sp³-hybridized carbons (Fsp3) is 0.462. The summed E-state index contributed by atoms with van der Waals surface area (Å²) in [5, 5.41) is 5.79. The normalized spacial score (nSPS) is 12.2. The largest absolute Gasteiger partial charge is 0.383 e. The van der Waals surface area contributed by atoms with Crippen LogP contribution in [0.2, 0.25) is 5.02 Å². The van der Waals surface area contributed by atoms with Gasteiger partial charge in [-0.25, -0.2) is 4.39 Å². The molecule has 0 aliphatic rings. The smallest absolute Gasteiger partial charge is 0.234 e. The number of hydrogen-bond donors (Lipinski definition) is 2. The van der Waals surface area contributed by atoms with Crippen LogP contribution in [0.1, 0.15) is 18.5 Å². The van der Waals surface area contributed by atoms with Crippen LogP contribution in [-0.2, 0) is 9.53 Å². The number of carbonyl (C=O) groups excluding carboxylic acids is 1. The quantitative estimate of drug-likeness (QED) is 0.754. The van der Waals surface area contributed by atoms with E-state index in [4.69, 9.17) is 16.3 Å². The van der Waals surface area contributed by atoms with Crippen LogP contribution in [0, 0.1) is 5.82 Å². The first kappa shape index (κ1) is 15.9. The lowest BCUT2D eigenvalue weighted by atomic mass is 10.1. The van der Waals surface area contributed by atoms with Crippen molar-refractivity contribution in [2.75, 3.05) is 26.8 Å². The second-order valence-electron chi connectivity index (χ2n) is 4.12. The lowest BCUT2D eigenvalue weighted by Crippen LogP contribution is -2.36. The Kier molecular flexibility index (Phi) is 6.77. The molecule has 0 bridgehead atoms. The molecule has 0 saturated heterocycles. The van der Waals surface area contributed by atoms with Crippen molar-refractivity contribution in [1.82, 2.24) is 10.6 Å². The molecule has 0 spiro atoms. The molecule has 0 aliphatic carbocycles. The van der Waals surface area contributed by atoms with Crippen LogP contribution < -0.4 is 10.6 Å². The highest BCUT2D eigenvalue weighted by Crippen LogP contribution is 2.19. The van der Waals surface area contributed by atoms with Crippen molar-refractivity contribution in [3.8, 4) is 0 Å². The molecule has 1 aromatic carbocycles. The lowest BCUT2D eigenvalue weighted by molar-refractivity contribution is -0.120. The maximum absolute atomic E-state index is 13.3. The molecule has 0 saturated carbocycles. The molecule has 2 N–H and O–H groups in total. The van der Waals surface area contributed by atoms with E-state index in [1.54, 1.807) is 13.2 Å². The van der Waals surface area contributed by atoms with Gasteiger partial charge in [0.2, 0.25) is 5.91 Å². The van der Waals surface area contributed by atoms with Crippen molar-refractivity contribution < 1.29 is 13.9 Å². The van der Waals surface area contributed by atoms with Gasteiger partial charge in [-0.2, -0.15) is 0 Å². The van der Waals surface area contributed by atoms with Gasteiger partial charge in [0.25, 0.3) is 0 Å². The van der Waals surface area contributed by atoms with E-state index in [1.165, 1.54) is 12.1 Å². The Labute approximate surface area is 117 Å². The van der Waals surface area contributed by atoms with Crippen LogP contribution in [0.3, 0.4) is 0 Å². The van der Waals surface area contributed by atoms with E-state index in [0.717, 1.165) is 5.56 Å². The number of nitrogens with one attached hydrogen (secondary N) is 2. The molecule has 6 heteroatoms. The van der Waals surface area contributed by atoms with Gasteiger partial charge in [-0.15, -0.1) is 0 Å². The Morgan fingerprint density at radius 2 is 2.26 bits per heavy atom. The summed E-state index contributed by atoms with van der Waals surface area (Å²) in [6.07, 6.45) is 0. The molecule has 0 radical (unpaired) electrons. The van der Waals surface area contributed by atoms with Crippen LogP contribution in [0.15, 0.2) is 18.2 Å². The highest BCUT2D eigenvalue weighted by Gasteiger charge is 2.09. The van der Waals surface area contributed by atoms with E-state index in [0.29, 0.717) is 13.2 Å². The van der Waals surface area contributed by atoms with E-state index in [-0.39, 0.29) is 23.5 Å². The summed E-state index contributed by atoms with van der Waals surface area (Å²) < 4.78 is 18.1. The minimum absolute atomic E-state index is 0.0910. The van der Waals surface area contributed by atoms with Crippen molar-refractivity contribution in [3.63, 3.8) is 0 Å². The molecule has 106 valence electrons. The maximum Gasteiger partial charge on any atom is 0.234 e. The second-order valence-corrected chi connectivity index (χ2v) is 4.53. The molecule has 1 rings (SSSR count). The summed E-state index contributed by atoms with van der Waals surface area (Å²) in [5.74, 6) is -0.587. The molecule has 0 aliphatic heterocycles. The standard InChI is InChI=1S/C13H18ClFN2O2/c1-9(10-3-4-11(14)12(15)7-10)17-8-13(18)16-5-6-19-2/h3-4,7,9,17H,5-6,8H2,1-2H3,(H,16,18). The van der Waals surface area contributed by atoms with Gasteiger partial charge < -0.3 is 15.4 Å². The minimum atomic E-state index is -0.461. The van der Waals surface area contributed by atoms with Gasteiger partial charge in [0.15, 0.2) is 0 Å². The predicted octanol–water partition coefficient (Wildman–Crippen LogP) is 1.89. The summed E-state index contributed by atoms with van der Waals surface area (Å²) in [6, 6.07) is 4.46. The molecule has 19 heavy (non-hydrogen) atoms. The van der Waals surface area contributed by atoms with Crippen LogP contribution in [0.5, 0.6) is 0 Å². The van der Waals surface area contributed by atoms with Crippen molar-refractivity contribution in [1.29, 1.82) is 0 Å². The van der Waals surface area contributed by atoms with E-state index in [2.05, 4.69) is 10.6 Å². The highest BCUT2D eigenvalue weighted by atomic mass is 35.5. The fourth-order valence-electron chi connectivity index (χ4n) is 1.50. The molecule has 0 heterocycles. The van der Waals surface area contributed by atoms with E-state index in [1.807, 2.05) is 6.92 Å². The SMILES string of the molecule is COCCNC(=O)CNC(C)c1ccc(Cl)c(F)c1. The van der Waals surface area contributed by atoms with Crippen LogP contribution in [0.4, 0.5) is 4.39 Å². The molecule has 1 aromatic rings. The molecule has 1 amide bonds. The van der Waals surface area contributed by atoms with Gasteiger partial charge in [0.05, 0.1) is 18.2 Å². The first-order chi connectivity index (χ1) is 9.04. The average Bonchev–Trinajstić information content (AvgIpc) is 2.39. The summed E-state index contributed by atoms with van der Waals surface area (Å²) in [6.45, 7) is 2.96. The maximum atomic E-state index is 13.3. The number of carbonyl (C=O) groups is 1. The predicted molar refractivity (Wildman–Crippen MR) is 72.7 cm³/mol. The van der Waals surface area contributed by atoms with Crippen molar-refractivity contribution >= 4 is 17.5 Å². The lowest BCUT2D eigenvalue weighted by Gasteiger charge is -2.14. The third kappa shape index (κ3) is 5.55. The Morgan fingerprint density at radius 3 is 2.89 bits per heavy atom. The Morgan fingerprint density at radius 1 is 1.53 bits per heavy atom. The van der Waals surface area contributed by atoms with Gasteiger partial charge in [-0.3, -0.25) is 4.79 Å². The van der Waals surface area contributed by atoms with Crippen molar-refractivity contribution in [2.24, 2.45) is 0 Å². The first-order valence-electron chi connectivity index (χ1n) is 5.98. The zero-order valence-corrected chi connectivity index (χ0v) is 11.8. The van der Waals surface area contributed by atoms with E-state index in [9.17, 15) is 9.18 Å². The van der Waals surface area contributed by atoms with Crippen LogP contribution in [0.25, 0.3) is 0 Å². The zero-order valence-electron chi connectivity index (χ0n) is 11.0. The number of methoxy groups -OCH3 is 1. The number of rotatable bonds is 7. The molecule has 1 unspecified atom stereocenters. The number of halogens is 2.